The Bertz CT molecular complexity index is 533. The molecule has 130 valence electrons. The fourth-order valence-corrected chi connectivity index (χ4v) is 4.03. The number of aromatic nitrogens is 2. The van der Waals surface area contributed by atoms with Gasteiger partial charge in [-0.3, -0.25) is 4.79 Å². The smallest absolute Gasteiger partial charge is 0.230 e. The van der Waals surface area contributed by atoms with Gasteiger partial charge in [-0.2, -0.15) is 0 Å². The summed E-state index contributed by atoms with van der Waals surface area (Å²) in [5, 5.41) is 4.09. The predicted molar refractivity (Wildman–Crippen MR) is 97.0 cm³/mol. The molecule has 0 aliphatic heterocycles. The van der Waals surface area contributed by atoms with Crippen molar-refractivity contribution in [3.63, 3.8) is 0 Å². The first kappa shape index (κ1) is 18.4. The van der Waals surface area contributed by atoms with Crippen LogP contribution in [0.1, 0.15) is 70.3 Å². The van der Waals surface area contributed by atoms with Crippen LogP contribution in [-0.2, 0) is 4.79 Å². The Morgan fingerprint density at radius 3 is 2.52 bits per heavy atom. The number of nitrogens with one attached hydrogen (secondary N) is 1. The number of carbonyl (C=O) groups excluding carboxylic acids is 1. The van der Waals surface area contributed by atoms with E-state index >= 15 is 0 Å². The minimum Gasteiger partial charge on any atom is -0.353 e. The summed E-state index contributed by atoms with van der Waals surface area (Å²) in [7, 11) is 0. The number of hydrogen-bond acceptors (Lipinski definition) is 3. The number of carbonyl (C=O) groups is 1. The van der Waals surface area contributed by atoms with Crippen LogP contribution in [-0.4, -0.2) is 27.3 Å². The summed E-state index contributed by atoms with van der Waals surface area (Å²) in [5.41, 5.74) is 2.35. The minimum absolute atomic E-state index is 0.102. The quantitative estimate of drug-likeness (QED) is 0.789. The Balaban J connectivity index is 2.02. The molecule has 0 saturated heterocycles. The van der Waals surface area contributed by atoms with Crippen molar-refractivity contribution in [2.45, 2.75) is 84.0 Å². The van der Waals surface area contributed by atoms with E-state index in [0.717, 1.165) is 10.9 Å². The van der Waals surface area contributed by atoms with Crippen LogP contribution in [0, 0.1) is 19.8 Å². The maximum Gasteiger partial charge on any atom is 0.230 e. The van der Waals surface area contributed by atoms with E-state index in [1.165, 1.54) is 37.8 Å². The standard InChI is InChI=1S/C18H31N3OS/c1-12(2)13(3)19-17(22)11-23-18-20-14(4)15(5)21(18)16-9-7-6-8-10-16/h12-13,16H,6-11H2,1-5H3,(H,19,22). The Labute approximate surface area is 144 Å². The van der Waals surface area contributed by atoms with Gasteiger partial charge in [0.25, 0.3) is 0 Å². The zero-order valence-electron chi connectivity index (χ0n) is 15.2. The summed E-state index contributed by atoms with van der Waals surface area (Å²) >= 11 is 1.58. The molecule has 1 heterocycles. The third kappa shape index (κ3) is 4.75. The molecule has 0 spiro atoms. The molecule has 1 amide bonds. The molecule has 1 atom stereocenters. The second-order valence-corrected chi connectivity index (χ2v) is 8.06. The molecule has 0 bridgehead atoms. The van der Waals surface area contributed by atoms with E-state index in [0.29, 0.717) is 17.7 Å². The maximum atomic E-state index is 12.1. The molecule has 5 heteroatoms. The molecule has 1 aromatic rings. The van der Waals surface area contributed by atoms with Crippen LogP contribution in [0.5, 0.6) is 0 Å². The largest absolute Gasteiger partial charge is 0.353 e. The third-order valence-corrected chi connectivity index (χ3v) is 5.97. The number of thioether (sulfide) groups is 1. The van der Waals surface area contributed by atoms with Gasteiger partial charge in [0.05, 0.1) is 11.4 Å². The van der Waals surface area contributed by atoms with Crippen LogP contribution >= 0.6 is 11.8 Å². The van der Waals surface area contributed by atoms with E-state index in [4.69, 9.17) is 4.98 Å². The van der Waals surface area contributed by atoms with E-state index in [9.17, 15) is 4.79 Å². The van der Waals surface area contributed by atoms with E-state index < -0.39 is 0 Å². The third-order valence-electron chi connectivity index (χ3n) is 5.02. The van der Waals surface area contributed by atoms with Gasteiger partial charge in [0.15, 0.2) is 5.16 Å². The summed E-state index contributed by atoms with van der Waals surface area (Å²) in [4.78, 5) is 16.9. The van der Waals surface area contributed by atoms with Gasteiger partial charge in [-0.1, -0.05) is 44.9 Å². The van der Waals surface area contributed by atoms with Gasteiger partial charge in [-0.05, 0) is 39.5 Å². The van der Waals surface area contributed by atoms with Crippen LogP contribution in [0.15, 0.2) is 5.16 Å². The molecule has 1 saturated carbocycles. The van der Waals surface area contributed by atoms with Gasteiger partial charge in [-0.15, -0.1) is 0 Å². The van der Waals surface area contributed by atoms with E-state index in [2.05, 4.69) is 44.5 Å². The average molecular weight is 338 g/mol. The summed E-state index contributed by atoms with van der Waals surface area (Å²) in [6.07, 6.45) is 6.43. The molecule has 0 radical (unpaired) electrons. The fraction of sp³-hybridized carbons (Fsp3) is 0.778. The zero-order chi connectivity index (χ0) is 17.0. The van der Waals surface area contributed by atoms with E-state index in [-0.39, 0.29) is 11.9 Å². The van der Waals surface area contributed by atoms with Crippen molar-refractivity contribution in [1.29, 1.82) is 0 Å². The highest BCUT2D eigenvalue weighted by Gasteiger charge is 2.22. The molecule has 1 aliphatic rings. The number of hydrogen-bond donors (Lipinski definition) is 1. The SMILES string of the molecule is Cc1nc(SCC(=O)NC(C)C(C)C)n(C2CCCCC2)c1C. The van der Waals surface area contributed by atoms with Gasteiger partial charge < -0.3 is 9.88 Å². The number of amides is 1. The van der Waals surface area contributed by atoms with Crippen molar-refractivity contribution in [2.24, 2.45) is 5.92 Å². The fourth-order valence-electron chi connectivity index (χ4n) is 3.06. The number of nitrogens with zero attached hydrogens (tertiary/aromatic N) is 2. The molecule has 23 heavy (non-hydrogen) atoms. The summed E-state index contributed by atoms with van der Waals surface area (Å²) in [5.74, 6) is 1.00. The monoisotopic (exact) mass is 337 g/mol. The molecule has 1 aromatic heterocycles. The van der Waals surface area contributed by atoms with Crippen molar-refractivity contribution >= 4 is 17.7 Å². The van der Waals surface area contributed by atoms with E-state index in [1.807, 2.05) is 0 Å². The minimum atomic E-state index is 0.102. The highest BCUT2D eigenvalue weighted by atomic mass is 32.2. The highest BCUT2D eigenvalue weighted by Crippen LogP contribution is 2.34. The first-order valence-electron chi connectivity index (χ1n) is 8.87. The van der Waals surface area contributed by atoms with Crippen molar-refractivity contribution in [1.82, 2.24) is 14.9 Å². The van der Waals surface area contributed by atoms with Crippen LogP contribution < -0.4 is 5.32 Å². The second kappa shape index (κ2) is 8.22. The van der Waals surface area contributed by atoms with Gasteiger partial charge >= 0.3 is 0 Å². The molecular weight excluding hydrogens is 306 g/mol. The maximum absolute atomic E-state index is 12.1. The van der Waals surface area contributed by atoms with Crippen molar-refractivity contribution in [3.8, 4) is 0 Å². The van der Waals surface area contributed by atoms with Crippen LogP contribution in [0.2, 0.25) is 0 Å². The lowest BCUT2D eigenvalue weighted by Crippen LogP contribution is -2.37. The van der Waals surface area contributed by atoms with Gasteiger partial charge in [0.2, 0.25) is 5.91 Å². The summed E-state index contributed by atoms with van der Waals surface area (Å²) in [6, 6.07) is 0.773. The first-order chi connectivity index (χ1) is 10.9. The molecule has 1 N–H and O–H groups in total. The Morgan fingerprint density at radius 2 is 1.91 bits per heavy atom. The first-order valence-corrected chi connectivity index (χ1v) is 9.86. The van der Waals surface area contributed by atoms with Crippen molar-refractivity contribution < 1.29 is 4.79 Å². The Hall–Kier alpha value is -0.970. The zero-order valence-corrected chi connectivity index (χ0v) is 16.0. The Morgan fingerprint density at radius 1 is 1.26 bits per heavy atom. The van der Waals surface area contributed by atoms with Crippen molar-refractivity contribution in [3.05, 3.63) is 11.4 Å². The number of aryl methyl sites for hydroxylation is 1. The van der Waals surface area contributed by atoms with Gasteiger partial charge in [0.1, 0.15) is 0 Å². The van der Waals surface area contributed by atoms with Gasteiger partial charge in [-0.25, -0.2) is 4.98 Å². The second-order valence-electron chi connectivity index (χ2n) is 7.12. The lowest BCUT2D eigenvalue weighted by molar-refractivity contribution is -0.119. The Kier molecular flexibility index (Phi) is 6.57. The normalized spacial score (nSPS) is 17.5. The molecule has 2 rings (SSSR count). The molecule has 1 aliphatic carbocycles. The highest BCUT2D eigenvalue weighted by molar-refractivity contribution is 7.99. The molecule has 0 aromatic carbocycles. The van der Waals surface area contributed by atoms with Crippen LogP contribution in [0.4, 0.5) is 0 Å². The molecular formula is C18H31N3OS. The van der Waals surface area contributed by atoms with Crippen molar-refractivity contribution in [2.75, 3.05) is 5.75 Å². The number of imidazole rings is 1. The van der Waals surface area contributed by atoms with E-state index in [1.54, 1.807) is 11.8 Å². The molecule has 1 fully saturated rings. The average Bonchev–Trinajstić information content (AvgIpc) is 2.81. The summed E-state index contributed by atoms with van der Waals surface area (Å²) < 4.78 is 2.39. The van der Waals surface area contributed by atoms with Gasteiger partial charge in [0, 0.05) is 17.8 Å². The van der Waals surface area contributed by atoms with Crippen LogP contribution in [0.3, 0.4) is 0 Å². The number of rotatable bonds is 6. The predicted octanol–water partition coefficient (Wildman–Crippen LogP) is 4.26. The van der Waals surface area contributed by atoms with Crippen LogP contribution in [0.25, 0.3) is 0 Å². The summed E-state index contributed by atoms with van der Waals surface area (Å²) in [6.45, 7) is 10.5. The lowest BCUT2D eigenvalue weighted by atomic mass is 9.95. The lowest BCUT2D eigenvalue weighted by Gasteiger charge is -2.26. The topological polar surface area (TPSA) is 46.9 Å². The molecule has 4 nitrogen and oxygen atoms in total. The molecule has 1 unspecified atom stereocenters.